The molecular weight excluding hydrogens is 378 g/mol. The van der Waals surface area contributed by atoms with E-state index >= 15 is 0 Å². The van der Waals surface area contributed by atoms with E-state index in [1.54, 1.807) is 7.11 Å². The second kappa shape index (κ2) is 9.11. The van der Waals surface area contributed by atoms with Crippen LogP contribution in [-0.2, 0) is 4.79 Å². The van der Waals surface area contributed by atoms with Crippen LogP contribution in [0.25, 0.3) is 10.9 Å². The van der Waals surface area contributed by atoms with Crippen molar-refractivity contribution < 1.29 is 14.3 Å². The first-order valence-corrected chi connectivity index (χ1v) is 11.3. The highest BCUT2D eigenvalue weighted by atomic mass is 16.5. The topological polar surface area (TPSA) is 72.4 Å². The van der Waals surface area contributed by atoms with E-state index in [1.807, 2.05) is 25.1 Å². The molecule has 2 amide bonds. The number of amides is 2. The molecule has 0 bridgehead atoms. The van der Waals surface area contributed by atoms with Crippen LogP contribution in [0.15, 0.2) is 18.2 Å². The summed E-state index contributed by atoms with van der Waals surface area (Å²) in [6, 6.07) is 6.61. The highest BCUT2D eigenvalue weighted by Crippen LogP contribution is 2.38. The maximum absolute atomic E-state index is 13.2. The number of nitrogens with one attached hydrogen (secondary N) is 2. The van der Waals surface area contributed by atoms with Crippen LogP contribution in [0.2, 0.25) is 0 Å². The SMILES string of the molecule is COc1ccc2c(c1)c(C(=O)NCC(=O)NC1CCCCC1)c(C)n2C1CCCC1. The molecule has 2 saturated carbocycles. The molecule has 6 heteroatoms. The molecule has 2 aliphatic carbocycles. The number of aromatic nitrogens is 1. The second-order valence-electron chi connectivity index (χ2n) is 8.74. The van der Waals surface area contributed by atoms with Crippen LogP contribution in [0, 0.1) is 6.92 Å². The van der Waals surface area contributed by atoms with Gasteiger partial charge in [-0.3, -0.25) is 9.59 Å². The third-order valence-electron chi connectivity index (χ3n) is 6.75. The van der Waals surface area contributed by atoms with Crippen molar-refractivity contribution in [2.45, 2.75) is 76.8 Å². The quantitative estimate of drug-likeness (QED) is 0.746. The molecule has 2 aromatic rings. The Morgan fingerprint density at radius 2 is 1.77 bits per heavy atom. The number of hydrogen-bond acceptors (Lipinski definition) is 3. The molecule has 6 nitrogen and oxygen atoms in total. The minimum absolute atomic E-state index is 0.00877. The fraction of sp³-hybridized carbons (Fsp3) is 0.583. The maximum atomic E-state index is 13.2. The van der Waals surface area contributed by atoms with E-state index in [1.165, 1.54) is 32.1 Å². The van der Waals surface area contributed by atoms with Gasteiger partial charge in [-0.1, -0.05) is 32.1 Å². The van der Waals surface area contributed by atoms with Crippen molar-refractivity contribution in [2.24, 2.45) is 0 Å². The van der Waals surface area contributed by atoms with Crippen molar-refractivity contribution in [1.29, 1.82) is 0 Å². The van der Waals surface area contributed by atoms with Crippen LogP contribution >= 0.6 is 0 Å². The van der Waals surface area contributed by atoms with Crippen molar-refractivity contribution in [3.8, 4) is 5.75 Å². The van der Waals surface area contributed by atoms with E-state index in [0.717, 1.165) is 48.0 Å². The number of hydrogen-bond donors (Lipinski definition) is 2. The van der Waals surface area contributed by atoms with Crippen LogP contribution in [0.4, 0.5) is 0 Å². The number of nitrogens with zero attached hydrogens (tertiary/aromatic N) is 1. The van der Waals surface area contributed by atoms with Gasteiger partial charge in [-0.25, -0.2) is 0 Å². The molecule has 1 aromatic carbocycles. The fourth-order valence-electron chi connectivity index (χ4n) is 5.24. The van der Waals surface area contributed by atoms with E-state index in [-0.39, 0.29) is 24.4 Å². The Bertz CT molecular complexity index is 921. The van der Waals surface area contributed by atoms with Crippen LogP contribution in [-0.4, -0.2) is 36.1 Å². The zero-order chi connectivity index (χ0) is 21.1. The largest absolute Gasteiger partial charge is 0.497 e. The van der Waals surface area contributed by atoms with E-state index in [2.05, 4.69) is 15.2 Å². The third-order valence-corrected chi connectivity index (χ3v) is 6.75. The molecule has 0 spiro atoms. The molecule has 4 rings (SSSR count). The van der Waals surface area contributed by atoms with Gasteiger partial charge in [0.2, 0.25) is 5.91 Å². The molecule has 162 valence electrons. The van der Waals surface area contributed by atoms with Gasteiger partial charge in [0.15, 0.2) is 0 Å². The molecule has 0 aliphatic heterocycles. The molecule has 0 atom stereocenters. The first-order chi connectivity index (χ1) is 14.6. The molecule has 0 unspecified atom stereocenters. The minimum atomic E-state index is -0.193. The van der Waals surface area contributed by atoms with E-state index in [4.69, 9.17) is 4.74 Å². The third kappa shape index (κ3) is 4.18. The second-order valence-corrected chi connectivity index (χ2v) is 8.74. The van der Waals surface area contributed by atoms with Gasteiger partial charge in [0.25, 0.3) is 5.91 Å². The highest BCUT2D eigenvalue weighted by molar-refractivity contribution is 6.09. The molecule has 0 saturated heterocycles. The lowest BCUT2D eigenvalue weighted by Gasteiger charge is -2.22. The smallest absolute Gasteiger partial charge is 0.254 e. The lowest BCUT2D eigenvalue weighted by atomic mass is 9.95. The van der Waals surface area contributed by atoms with Crippen molar-refractivity contribution >= 4 is 22.7 Å². The first kappa shape index (κ1) is 20.8. The van der Waals surface area contributed by atoms with Gasteiger partial charge < -0.3 is 19.9 Å². The number of benzene rings is 1. The Hall–Kier alpha value is -2.50. The molecule has 30 heavy (non-hydrogen) atoms. The van der Waals surface area contributed by atoms with Crippen LogP contribution in [0.1, 0.15) is 79.9 Å². The van der Waals surface area contributed by atoms with Crippen molar-refractivity contribution in [2.75, 3.05) is 13.7 Å². The normalized spacial score (nSPS) is 17.9. The highest BCUT2D eigenvalue weighted by Gasteiger charge is 2.26. The predicted octanol–water partition coefficient (Wildman–Crippen LogP) is 4.25. The molecule has 2 N–H and O–H groups in total. The van der Waals surface area contributed by atoms with Crippen LogP contribution in [0.3, 0.4) is 0 Å². The molecule has 1 aromatic heterocycles. The van der Waals surface area contributed by atoms with Crippen molar-refractivity contribution in [1.82, 2.24) is 15.2 Å². The van der Waals surface area contributed by atoms with Gasteiger partial charge in [-0.15, -0.1) is 0 Å². The average molecular weight is 412 g/mol. The Morgan fingerprint density at radius 3 is 2.47 bits per heavy atom. The van der Waals surface area contributed by atoms with Gasteiger partial charge in [0.05, 0.1) is 19.2 Å². The Balaban J connectivity index is 1.55. The summed E-state index contributed by atoms with van der Waals surface area (Å²) < 4.78 is 7.73. The lowest BCUT2D eigenvalue weighted by molar-refractivity contribution is -0.121. The fourth-order valence-corrected chi connectivity index (χ4v) is 5.24. The van der Waals surface area contributed by atoms with Crippen molar-refractivity contribution in [3.05, 3.63) is 29.5 Å². The van der Waals surface area contributed by atoms with Gasteiger partial charge in [-0.2, -0.15) is 0 Å². The summed E-state index contributed by atoms with van der Waals surface area (Å²) in [4.78, 5) is 25.5. The lowest BCUT2D eigenvalue weighted by Crippen LogP contribution is -2.42. The maximum Gasteiger partial charge on any atom is 0.254 e. The summed E-state index contributed by atoms with van der Waals surface area (Å²) in [5, 5.41) is 6.82. The van der Waals surface area contributed by atoms with Crippen LogP contribution in [0.5, 0.6) is 5.75 Å². The number of fused-ring (bicyclic) bond motifs is 1. The Kier molecular flexibility index (Phi) is 6.30. The summed E-state index contributed by atoms with van der Waals surface area (Å²) in [5.74, 6) is 0.432. The van der Waals surface area contributed by atoms with Gasteiger partial charge in [0, 0.05) is 28.7 Å². The standard InChI is InChI=1S/C24H33N3O3/c1-16-23(24(29)25-15-22(28)26-17-8-4-3-5-9-17)20-14-19(30-2)12-13-21(20)27(16)18-10-6-7-11-18/h12-14,17-18H,3-11,15H2,1-2H3,(H,25,29)(H,26,28). The van der Waals surface area contributed by atoms with E-state index < -0.39 is 0 Å². The summed E-state index contributed by atoms with van der Waals surface area (Å²) >= 11 is 0. The van der Waals surface area contributed by atoms with E-state index in [9.17, 15) is 9.59 Å². The number of methoxy groups -OCH3 is 1. The number of carbonyl (C=O) groups excluding carboxylic acids is 2. The summed E-state index contributed by atoms with van der Waals surface area (Å²) in [5.41, 5.74) is 2.69. The summed E-state index contributed by atoms with van der Waals surface area (Å²) in [6.07, 6.45) is 10.4. The van der Waals surface area contributed by atoms with Gasteiger partial charge in [-0.05, 0) is 50.8 Å². The predicted molar refractivity (Wildman–Crippen MR) is 118 cm³/mol. The average Bonchev–Trinajstić information content (AvgIpc) is 3.37. The number of carbonyl (C=O) groups is 2. The Morgan fingerprint density at radius 1 is 1.07 bits per heavy atom. The van der Waals surface area contributed by atoms with Gasteiger partial charge >= 0.3 is 0 Å². The zero-order valence-electron chi connectivity index (χ0n) is 18.1. The molecule has 0 radical (unpaired) electrons. The number of rotatable bonds is 6. The van der Waals surface area contributed by atoms with Crippen molar-refractivity contribution in [3.63, 3.8) is 0 Å². The molecule has 2 fully saturated rings. The minimum Gasteiger partial charge on any atom is -0.497 e. The Labute approximate surface area is 178 Å². The van der Waals surface area contributed by atoms with Gasteiger partial charge in [0.1, 0.15) is 5.75 Å². The monoisotopic (exact) mass is 411 g/mol. The zero-order valence-corrected chi connectivity index (χ0v) is 18.1. The summed E-state index contributed by atoms with van der Waals surface area (Å²) in [7, 11) is 1.64. The molecular formula is C24H33N3O3. The number of ether oxygens (including phenoxy) is 1. The molecule has 1 heterocycles. The first-order valence-electron chi connectivity index (χ1n) is 11.3. The summed E-state index contributed by atoms with van der Waals surface area (Å²) in [6.45, 7) is 2.02. The van der Waals surface area contributed by atoms with E-state index in [0.29, 0.717) is 11.6 Å². The molecule has 2 aliphatic rings. The van der Waals surface area contributed by atoms with Crippen LogP contribution < -0.4 is 15.4 Å².